The lowest BCUT2D eigenvalue weighted by molar-refractivity contribution is -0.0200. The summed E-state index contributed by atoms with van der Waals surface area (Å²) >= 11 is 0. The Hall–Kier alpha value is -0.830. The fourth-order valence-corrected chi connectivity index (χ4v) is 2.87. The van der Waals surface area contributed by atoms with Gasteiger partial charge in [0.25, 0.3) is 0 Å². The largest absolute Gasteiger partial charge is 0.390 e. The van der Waals surface area contributed by atoms with Crippen molar-refractivity contribution in [2.24, 2.45) is 13.0 Å². The highest BCUT2D eigenvalue weighted by atomic mass is 16.3. The molecule has 0 bridgehead atoms. The van der Waals surface area contributed by atoms with Gasteiger partial charge in [-0.05, 0) is 37.7 Å². The SMILES string of the molecule is CC1CCCC(O)(CCc2ccnn2C)C1. The normalized spacial score (nSPS) is 30.6. The topological polar surface area (TPSA) is 38.1 Å². The lowest BCUT2D eigenvalue weighted by Gasteiger charge is -2.35. The second-order valence-electron chi connectivity index (χ2n) is 5.37. The van der Waals surface area contributed by atoms with Crippen molar-refractivity contribution in [1.82, 2.24) is 9.78 Å². The van der Waals surface area contributed by atoms with Crippen LogP contribution in [-0.2, 0) is 13.5 Å². The van der Waals surface area contributed by atoms with E-state index >= 15 is 0 Å². The summed E-state index contributed by atoms with van der Waals surface area (Å²) < 4.78 is 1.90. The maximum atomic E-state index is 10.5. The van der Waals surface area contributed by atoms with E-state index in [1.165, 1.54) is 18.5 Å². The maximum absolute atomic E-state index is 10.5. The van der Waals surface area contributed by atoms with Crippen molar-refractivity contribution in [2.75, 3.05) is 0 Å². The Balaban J connectivity index is 1.91. The molecule has 16 heavy (non-hydrogen) atoms. The first-order chi connectivity index (χ1) is 7.59. The molecule has 0 saturated heterocycles. The minimum Gasteiger partial charge on any atom is -0.390 e. The van der Waals surface area contributed by atoms with E-state index < -0.39 is 5.60 Å². The Morgan fingerprint density at radius 3 is 3.06 bits per heavy atom. The minimum absolute atomic E-state index is 0.429. The van der Waals surface area contributed by atoms with Crippen LogP contribution in [0.4, 0.5) is 0 Å². The molecule has 1 saturated carbocycles. The quantitative estimate of drug-likeness (QED) is 0.852. The molecule has 0 spiro atoms. The predicted octanol–water partition coefficient (Wildman–Crippen LogP) is 2.29. The smallest absolute Gasteiger partial charge is 0.0654 e. The van der Waals surface area contributed by atoms with Gasteiger partial charge >= 0.3 is 0 Å². The molecular weight excluding hydrogens is 200 g/mol. The van der Waals surface area contributed by atoms with Gasteiger partial charge in [-0.15, -0.1) is 0 Å². The molecule has 0 radical (unpaired) electrons. The first kappa shape index (κ1) is 11.6. The van der Waals surface area contributed by atoms with Crippen LogP contribution >= 0.6 is 0 Å². The average Bonchev–Trinajstić information content (AvgIpc) is 2.61. The molecular formula is C13H22N2O. The molecule has 1 aliphatic rings. The summed E-state index contributed by atoms with van der Waals surface area (Å²) in [6.45, 7) is 2.24. The fraction of sp³-hybridized carbons (Fsp3) is 0.769. The summed E-state index contributed by atoms with van der Waals surface area (Å²) in [5.74, 6) is 0.672. The number of rotatable bonds is 3. The standard InChI is InChI=1S/C13H22N2O/c1-11-4-3-7-13(16,10-11)8-5-12-6-9-14-15(12)2/h6,9,11,16H,3-5,7-8,10H2,1-2H3. The molecule has 90 valence electrons. The molecule has 1 N–H and O–H groups in total. The molecule has 1 heterocycles. The van der Waals surface area contributed by atoms with Crippen LogP contribution in [0.5, 0.6) is 0 Å². The van der Waals surface area contributed by atoms with Crippen LogP contribution in [-0.4, -0.2) is 20.5 Å². The van der Waals surface area contributed by atoms with Gasteiger partial charge in [-0.1, -0.05) is 19.8 Å². The van der Waals surface area contributed by atoms with Crippen molar-refractivity contribution in [2.45, 2.75) is 51.0 Å². The van der Waals surface area contributed by atoms with E-state index in [0.29, 0.717) is 5.92 Å². The predicted molar refractivity (Wildman–Crippen MR) is 64.1 cm³/mol. The Kier molecular flexibility index (Phi) is 3.33. The Morgan fingerprint density at radius 2 is 2.44 bits per heavy atom. The van der Waals surface area contributed by atoms with Crippen molar-refractivity contribution < 1.29 is 5.11 Å². The molecule has 1 aliphatic carbocycles. The van der Waals surface area contributed by atoms with Crippen molar-refractivity contribution in [3.8, 4) is 0 Å². The van der Waals surface area contributed by atoms with E-state index in [1.54, 1.807) is 0 Å². The summed E-state index contributed by atoms with van der Waals surface area (Å²) in [7, 11) is 1.96. The fourth-order valence-electron chi connectivity index (χ4n) is 2.87. The molecule has 2 atom stereocenters. The third kappa shape index (κ3) is 2.64. The first-order valence-electron chi connectivity index (χ1n) is 6.28. The van der Waals surface area contributed by atoms with E-state index in [1.807, 2.05) is 24.0 Å². The van der Waals surface area contributed by atoms with Crippen molar-refractivity contribution >= 4 is 0 Å². The summed E-state index contributed by atoms with van der Waals surface area (Å²) in [6.07, 6.45) is 8.00. The first-order valence-corrected chi connectivity index (χ1v) is 6.28. The van der Waals surface area contributed by atoms with Gasteiger partial charge in [0.15, 0.2) is 0 Å². The minimum atomic E-state index is -0.429. The lowest BCUT2D eigenvalue weighted by Crippen LogP contribution is -2.35. The van der Waals surface area contributed by atoms with Crippen LogP contribution in [0.15, 0.2) is 12.3 Å². The van der Waals surface area contributed by atoms with Gasteiger partial charge in [0, 0.05) is 18.9 Å². The van der Waals surface area contributed by atoms with Gasteiger partial charge < -0.3 is 5.11 Å². The highest BCUT2D eigenvalue weighted by Gasteiger charge is 2.32. The van der Waals surface area contributed by atoms with Gasteiger partial charge in [0.05, 0.1) is 5.60 Å². The van der Waals surface area contributed by atoms with Crippen LogP contribution < -0.4 is 0 Å². The molecule has 3 nitrogen and oxygen atoms in total. The van der Waals surface area contributed by atoms with Crippen molar-refractivity contribution in [3.05, 3.63) is 18.0 Å². The number of nitrogens with zero attached hydrogens (tertiary/aromatic N) is 2. The molecule has 3 heteroatoms. The van der Waals surface area contributed by atoms with E-state index in [4.69, 9.17) is 0 Å². The van der Waals surface area contributed by atoms with Crippen molar-refractivity contribution in [1.29, 1.82) is 0 Å². The van der Waals surface area contributed by atoms with Crippen molar-refractivity contribution in [3.63, 3.8) is 0 Å². The van der Waals surface area contributed by atoms with Crippen LogP contribution in [0.25, 0.3) is 0 Å². The Bertz CT molecular complexity index is 347. The lowest BCUT2D eigenvalue weighted by atomic mass is 9.76. The van der Waals surface area contributed by atoms with E-state index in [9.17, 15) is 5.11 Å². The Morgan fingerprint density at radius 1 is 1.62 bits per heavy atom. The highest BCUT2D eigenvalue weighted by molar-refractivity contribution is 5.01. The summed E-state index contributed by atoms with van der Waals surface area (Å²) in [4.78, 5) is 0. The average molecular weight is 222 g/mol. The van der Waals surface area contributed by atoms with Crippen LogP contribution in [0.2, 0.25) is 0 Å². The zero-order chi connectivity index (χ0) is 11.6. The molecule has 0 amide bonds. The molecule has 1 aromatic heterocycles. The van der Waals surface area contributed by atoms with Gasteiger partial charge in [0.2, 0.25) is 0 Å². The zero-order valence-electron chi connectivity index (χ0n) is 10.3. The number of aromatic nitrogens is 2. The molecule has 0 aromatic carbocycles. The zero-order valence-corrected chi connectivity index (χ0v) is 10.3. The van der Waals surface area contributed by atoms with Crippen LogP contribution in [0.3, 0.4) is 0 Å². The van der Waals surface area contributed by atoms with Gasteiger partial charge in [-0.25, -0.2) is 0 Å². The molecule has 0 aliphatic heterocycles. The second-order valence-corrected chi connectivity index (χ2v) is 5.37. The molecule has 2 unspecified atom stereocenters. The molecule has 2 rings (SSSR count). The monoisotopic (exact) mass is 222 g/mol. The van der Waals surface area contributed by atoms with Gasteiger partial charge in [-0.3, -0.25) is 4.68 Å². The molecule has 1 fully saturated rings. The number of aryl methyl sites for hydroxylation is 2. The highest BCUT2D eigenvalue weighted by Crippen LogP contribution is 2.35. The number of hydrogen-bond donors (Lipinski definition) is 1. The number of aliphatic hydroxyl groups is 1. The molecule has 1 aromatic rings. The third-order valence-electron chi connectivity index (χ3n) is 3.84. The number of hydrogen-bond acceptors (Lipinski definition) is 2. The van der Waals surface area contributed by atoms with Gasteiger partial charge in [-0.2, -0.15) is 5.10 Å². The summed E-state index contributed by atoms with van der Waals surface area (Å²) in [5, 5.41) is 14.7. The van der Waals surface area contributed by atoms with E-state index in [0.717, 1.165) is 25.7 Å². The summed E-state index contributed by atoms with van der Waals surface area (Å²) in [5.41, 5.74) is 0.786. The van der Waals surface area contributed by atoms with E-state index in [2.05, 4.69) is 12.0 Å². The summed E-state index contributed by atoms with van der Waals surface area (Å²) in [6, 6.07) is 2.04. The van der Waals surface area contributed by atoms with Crippen LogP contribution in [0, 0.1) is 5.92 Å². The third-order valence-corrected chi connectivity index (χ3v) is 3.84. The van der Waals surface area contributed by atoms with Gasteiger partial charge in [0.1, 0.15) is 0 Å². The van der Waals surface area contributed by atoms with Crippen LogP contribution in [0.1, 0.15) is 44.7 Å². The Labute approximate surface area is 97.5 Å². The second kappa shape index (κ2) is 4.58. The van der Waals surface area contributed by atoms with E-state index in [-0.39, 0.29) is 0 Å². The maximum Gasteiger partial charge on any atom is 0.0654 e.